The zero-order chi connectivity index (χ0) is 19.1. The molecule has 6 rings (SSSR count). The van der Waals surface area contributed by atoms with Gasteiger partial charge < -0.3 is 9.15 Å². The zero-order valence-electron chi connectivity index (χ0n) is 16.2. The van der Waals surface area contributed by atoms with Crippen molar-refractivity contribution in [3.63, 3.8) is 0 Å². The van der Waals surface area contributed by atoms with E-state index >= 15 is 0 Å². The largest absolute Gasteiger partial charge is 0.465 e. The van der Waals surface area contributed by atoms with E-state index < -0.39 is 5.25 Å². The van der Waals surface area contributed by atoms with E-state index in [1.54, 1.807) is 0 Å². The molecule has 4 fully saturated rings. The van der Waals surface area contributed by atoms with Crippen LogP contribution in [-0.4, -0.2) is 22.8 Å². The minimum absolute atomic E-state index is 0.0761. The van der Waals surface area contributed by atoms with E-state index in [2.05, 4.69) is 10.2 Å². The second-order valence-corrected chi connectivity index (χ2v) is 9.79. The lowest BCUT2D eigenvalue weighted by Crippen LogP contribution is -2.48. The first-order valence-corrected chi connectivity index (χ1v) is 11.3. The predicted molar refractivity (Wildman–Crippen MR) is 106 cm³/mol. The van der Waals surface area contributed by atoms with Crippen LogP contribution >= 0.6 is 11.8 Å². The fraction of sp³-hybridized carbons (Fsp3) is 0.591. The molecule has 0 amide bonds. The first-order chi connectivity index (χ1) is 13.6. The topological polar surface area (TPSA) is 65.2 Å². The van der Waals surface area contributed by atoms with Crippen molar-refractivity contribution in [2.75, 3.05) is 6.61 Å². The maximum absolute atomic E-state index is 12.5. The van der Waals surface area contributed by atoms with Gasteiger partial charge in [0.2, 0.25) is 5.89 Å². The highest BCUT2D eigenvalue weighted by Crippen LogP contribution is 2.60. The van der Waals surface area contributed by atoms with E-state index in [4.69, 9.17) is 9.15 Å². The van der Waals surface area contributed by atoms with Crippen LogP contribution in [0.4, 0.5) is 0 Å². The lowest BCUT2D eigenvalue weighted by Gasteiger charge is -2.55. The molecule has 1 atom stereocenters. The number of thioether (sulfide) groups is 1. The number of carbonyl (C=O) groups excluding carboxylic acids is 1. The predicted octanol–water partition coefficient (Wildman–Crippen LogP) is 4.93. The Morgan fingerprint density at radius 2 is 1.79 bits per heavy atom. The fourth-order valence-electron chi connectivity index (χ4n) is 6.04. The maximum Gasteiger partial charge on any atom is 0.324 e. The van der Waals surface area contributed by atoms with Crippen molar-refractivity contribution in [3.8, 4) is 0 Å². The van der Waals surface area contributed by atoms with Gasteiger partial charge in [0.1, 0.15) is 5.25 Å². The Morgan fingerprint density at radius 1 is 1.14 bits per heavy atom. The number of benzene rings is 1. The Kier molecular flexibility index (Phi) is 4.69. The molecule has 2 aromatic rings. The number of hydrogen-bond donors (Lipinski definition) is 0. The van der Waals surface area contributed by atoms with Gasteiger partial charge in [-0.1, -0.05) is 30.3 Å². The molecule has 6 heteroatoms. The van der Waals surface area contributed by atoms with Crippen molar-refractivity contribution in [1.29, 1.82) is 0 Å². The molecule has 0 saturated heterocycles. The molecule has 4 aliphatic rings. The van der Waals surface area contributed by atoms with Crippen molar-refractivity contribution >= 4 is 17.7 Å². The third kappa shape index (κ3) is 3.25. The molecular formula is C22H26N2O3S. The van der Waals surface area contributed by atoms with Gasteiger partial charge >= 0.3 is 5.97 Å². The van der Waals surface area contributed by atoms with Crippen LogP contribution in [0.5, 0.6) is 0 Å². The highest BCUT2D eigenvalue weighted by atomic mass is 32.2. The van der Waals surface area contributed by atoms with E-state index in [9.17, 15) is 4.79 Å². The van der Waals surface area contributed by atoms with Gasteiger partial charge in [0.05, 0.1) is 6.61 Å². The lowest BCUT2D eigenvalue weighted by atomic mass is 9.49. The standard InChI is InChI=1S/C22H26N2O3S/c1-2-26-19(25)18(17-6-4-3-5-7-17)28-21-24-23-20(27-21)22-11-14-8-15(12-22)10-16(9-14)13-22/h3-7,14-16,18H,2,8-13H2,1H3/t14?,15?,16?,18-,22?/m1/s1. The first kappa shape index (κ1) is 18.2. The average molecular weight is 399 g/mol. The molecule has 4 aliphatic carbocycles. The Hall–Kier alpha value is -1.82. The second-order valence-electron chi connectivity index (χ2n) is 8.73. The van der Waals surface area contributed by atoms with Crippen molar-refractivity contribution in [1.82, 2.24) is 10.2 Å². The van der Waals surface area contributed by atoms with E-state index in [-0.39, 0.29) is 11.4 Å². The summed E-state index contributed by atoms with van der Waals surface area (Å²) in [6.45, 7) is 2.17. The Balaban J connectivity index is 1.39. The Labute approximate surface area is 169 Å². The van der Waals surface area contributed by atoms with Crippen LogP contribution in [0.1, 0.15) is 62.2 Å². The summed E-state index contributed by atoms with van der Waals surface area (Å²) in [4.78, 5) is 12.5. The average Bonchev–Trinajstić information content (AvgIpc) is 3.16. The monoisotopic (exact) mass is 398 g/mol. The minimum Gasteiger partial charge on any atom is -0.465 e. The van der Waals surface area contributed by atoms with Gasteiger partial charge in [-0.15, -0.1) is 10.2 Å². The molecule has 0 N–H and O–H groups in total. The summed E-state index contributed by atoms with van der Waals surface area (Å²) in [5.74, 6) is 3.00. The van der Waals surface area contributed by atoms with Gasteiger partial charge in [-0.25, -0.2) is 0 Å². The molecule has 4 saturated carbocycles. The normalized spacial score (nSPS) is 31.7. The van der Waals surface area contributed by atoms with Crippen LogP contribution in [0.25, 0.3) is 0 Å². The van der Waals surface area contributed by atoms with Gasteiger partial charge in [-0.2, -0.15) is 0 Å². The van der Waals surface area contributed by atoms with Crippen LogP contribution in [0.2, 0.25) is 0 Å². The molecule has 0 radical (unpaired) electrons. The van der Waals surface area contributed by atoms with Crippen molar-refractivity contribution < 1.29 is 13.9 Å². The molecule has 1 heterocycles. The van der Waals surface area contributed by atoms with Crippen LogP contribution in [0.15, 0.2) is 40.0 Å². The summed E-state index contributed by atoms with van der Waals surface area (Å²) in [6, 6.07) is 9.66. The van der Waals surface area contributed by atoms with Gasteiger partial charge in [-0.05, 0) is 80.5 Å². The maximum atomic E-state index is 12.5. The summed E-state index contributed by atoms with van der Waals surface area (Å²) in [7, 11) is 0. The minimum atomic E-state index is -0.495. The van der Waals surface area contributed by atoms with Gasteiger partial charge in [0.25, 0.3) is 5.22 Å². The number of nitrogens with zero attached hydrogens (tertiary/aromatic N) is 2. The lowest BCUT2D eigenvalue weighted by molar-refractivity contribution is -0.142. The summed E-state index contributed by atoms with van der Waals surface area (Å²) in [6.07, 6.45) is 7.71. The number of aromatic nitrogens is 2. The smallest absolute Gasteiger partial charge is 0.324 e. The van der Waals surface area contributed by atoms with Crippen LogP contribution in [0.3, 0.4) is 0 Å². The van der Waals surface area contributed by atoms with Crippen molar-refractivity contribution in [3.05, 3.63) is 41.8 Å². The third-order valence-corrected chi connectivity index (χ3v) is 7.79. The zero-order valence-corrected chi connectivity index (χ0v) is 17.0. The molecule has 0 aliphatic heterocycles. The first-order valence-electron chi connectivity index (χ1n) is 10.4. The molecule has 5 nitrogen and oxygen atoms in total. The summed E-state index contributed by atoms with van der Waals surface area (Å²) in [5, 5.41) is 8.76. The number of rotatable bonds is 6. The van der Waals surface area contributed by atoms with Crippen LogP contribution < -0.4 is 0 Å². The SMILES string of the molecule is CCOC(=O)[C@H](Sc1nnc(C23CC4CC(CC(C4)C2)C3)o1)c1ccccc1. The van der Waals surface area contributed by atoms with Crippen molar-refractivity contribution in [2.24, 2.45) is 17.8 Å². The highest BCUT2D eigenvalue weighted by Gasteiger charge is 2.54. The van der Waals surface area contributed by atoms with Gasteiger partial charge in [-0.3, -0.25) is 4.79 Å². The molecule has 148 valence electrons. The molecule has 0 unspecified atom stereocenters. The van der Waals surface area contributed by atoms with E-state index in [0.717, 1.165) is 29.2 Å². The van der Waals surface area contributed by atoms with Crippen molar-refractivity contribution in [2.45, 2.75) is 61.3 Å². The third-order valence-electron chi connectivity index (χ3n) is 6.72. The summed E-state index contributed by atoms with van der Waals surface area (Å²) in [5.41, 5.74) is 0.965. The van der Waals surface area contributed by atoms with Gasteiger partial charge in [0, 0.05) is 5.41 Å². The molecule has 1 aromatic heterocycles. The number of hydrogen-bond acceptors (Lipinski definition) is 6. The van der Waals surface area contributed by atoms with E-state index in [1.165, 1.54) is 50.3 Å². The second kappa shape index (κ2) is 7.21. The molecule has 4 bridgehead atoms. The van der Waals surface area contributed by atoms with Crippen LogP contribution in [0, 0.1) is 17.8 Å². The van der Waals surface area contributed by atoms with E-state index in [0.29, 0.717) is 11.8 Å². The Morgan fingerprint density at radius 3 is 2.39 bits per heavy atom. The number of esters is 1. The molecule has 0 spiro atoms. The number of carbonyl (C=O) groups is 1. The molecule has 1 aromatic carbocycles. The summed E-state index contributed by atoms with van der Waals surface area (Å²) < 4.78 is 11.5. The molecule has 28 heavy (non-hydrogen) atoms. The van der Waals surface area contributed by atoms with E-state index in [1.807, 2.05) is 37.3 Å². The number of ether oxygens (including phenoxy) is 1. The highest BCUT2D eigenvalue weighted by molar-refractivity contribution is 8.00. The Bertz CT molecular complexity index is 815. The van der Waals surface area contributed by atoms with Gasteiger partial charge in [0.15, 0.2) is 0 Å². The molecular weight excluding hydrogens is 372 g/mol. The summed E-state index contributed by atoms with van der Waals surface area (Å²) >= 11 is 1.30. The quantitative estimate of drug-likeness (QED) is 0.507. The fourth-order valence-corrected chi connectivity index (χ4v) is 6.92. The van der Waals surface area contributed by atoms with Crippen LogP contribution in [-0.2, 0) is 14.9 Å².